The Kier molecular flexibility index (Phi) is 10.3. The second-order valence-corrected chi connectivity index (χ2v) is 17.3. The van der Waals surface area contributed by atoms with Gasteiger partial charge in [-0.05, 0) is 142 Å². The number of carbonyl (C=O) groups is 1. The van der Waals surface area contributed by atoms with Crippen LogP contribution in [0.2, 0.25) is 0 Å². The van der Waals surface area contributed by atoms with Crippen LogP contribution >= 0.6 is 0 Å². The van der Waals surface area contributed by atoms with Gasteiger partial charge in [0.25, 0.3) is 0 Å². The summed E-state index contributed by atoms with van der Waals surface area (Å²) in [6.45, 7) is 21.0. The van der Waals surface area contributed by atoms with Crippen molar-refractivity contribution in [3.05, 3.63) is 46.6 Å². The van der Waals surface area contributed by atoms with Gasteiger partial charge in [0.1, 0.15) is 5.54 Å². The van der Waals surface area contributed by atoms with E-state index in [1.165, 1.54) is 88.5 Å². The standard InChI is InChI=1S/C30H50O.C10H13NO4/c1-20(2)10-9-11-21(3)22-14-18-30(8)24-12-13-25-27(4,5)26(31)16-17-28(25,6)23(24)15-19-29(22,30)7;1-10(11,9(14)15)5-6-2-3-7(12)8(13)4-6/h10,21-22,25-26,31H,9,11-19H2,1-8H3;2-4,12-13H,5,11H2,1H3,(H,14,15). The summed E-state index contributed by atoms with van der Waals surface area (Å²) in [6, 6.07) is 4.11. The van der Waals surface area contributed by atoms with Crippen molar-refractivity contribution in [2.45, 2.75) is 145 Å². The molecule has 0 saturated heterocycles. The number of aromatic hydroxyl groups is 2. The number of hydrogen-bond donors (Lipinski definition) is 5. The molecule has 8 atom stereocenters. The van der Waals surface area contributed by atoms with Gasteiger partial charge in [-0.15, -0.1) is 0 Å². The van der Waals surface area contributed by atoms with Crippen LogP contribution in [0.3, 0.4) is 0 Å². The summed E-state index contributed by atoms with van der Waals surface area (Å²) < 4.78 is 0. The van der Waals surface area contributed by atoms with Crippen LogP contribution in [0.4, 0.5) is 0 Å². The average molecular weight is 638 g/mol. The van der Waals surface area contributed by atoms with Gasteiger partial charge in [-0.25, -0.2) is 0 Å². The number of phenols is 2. The number of phenolic OH excluding ortho intramolecular Hbond substituents is 2. The zero-order valence-electron chi connectivity index (χ0n) is 30.2. The molecule has 1 aromatic rings. The van der Waals surface area contributed by atoms with Gasteiger partial charge in [0.15, 0.2) is 11.5 Å². The molecule has 258 valence electrons. The minimum Gasteiger partial charge on any atom is -0.504 e. The lowest BCUT2D eigenvalue weighted by molar-refractivity contribution is -0.142. The van der Waals surface area contributed by atoms with Gasteiger partial charge in [-0.3, -0.25) is 4.79 Å². The molecular weight excluding hydrogens is 574 g/mol. The molecule has 6 nitrogen and oxygen atoms in total. The fourth-order valence-corrected chi connectivity index (χ4v) is 10.6. The van der Waals surface area contributed by atoms with E-state index in [0.717, 1.165) is 18.3 Å². The molecule has 6 N–H and O–H groups in total. The molecular formula is C40H63NO5. The Balaban J connectivity index is 0.000000270. The number of aliphatic hydroxyl groups excluding tert-OH is 1. The van der Waals surface area contributed by atoms with E-state index in [1.807, 2.05) is 11.1 Å². The lowest BCUT2D eigenvalue weighted by atomic mass is 9.43. The number of allylic oxidation sites excluding steroid dienone is 4. The highest BCUT2D eigenvalue weighted by atomic mass is 16.4. The Morgan fingerprint density at radius 3 is 2.28 bits per heavy atom. The molecule has 2 saturated carbocycles. The van der Waals surface area contributed by atoms with Crippen molar-refractivity contribution >= 4 is 5.97 Å². The van der Waals surface area contributed by atoms with Gasteiger partial charge in [-0.2, -0.15) is 0 Å². The fraction of sp³-hybridized carbons (Fsp3) is 0.725. The van der Waals surface area contributed by atoms with Crippen LogP contribution in [0, 0.1) is 39.4 Å². The van der Waals surface area contributed by atoms with E-state index in [0.29, 0.717) is 27.7 Å². The quantitative estimate of drug-likeness (QED) is 0.150. The molecule has 2 fully saturated rings. The number of nitrogens with two attached hydrogens (primary N) is 1. The van der Waals surface area contributed by atoms with Crippen molar-refractivity contribution in [1.29, 1.82) is 0 Å². The van der Waals surface area contributed by atoms with Crippen LogP contribution in [0.5, 0.6) is 11.5 Å². The molecule has 0 heterocycles. The first-order valence-corrected chi connectivity index (χ1v) is 17.8. The molecule has 0 amide bonds. The molecule has 0 bridgehead atoms. The molecule has 0 aliphatic heterocycles. The first-order chi connectivity index (χ1) is 21.2. The van der Waals surface area contributed by atoms with Crippen molar-refractivity contribution in [3.8, 4) is 11.5 Å². The molecule has 0 radical (unpaired) electrons. The third-order valence-electron chi connectivity index (χ3n) is 13.8. The number of carboxylic acid groups (broad SMARTS) is 1. The van der Waals surface area contributed by atoms with E-state index >= 15 is 0 Å². The molecule has 8 unspecified atom stereocenters. The highest BCUT2D eigenvalue weighted by molar-refractivity contribution is 5.78. The Bertz CT molecular complexity index is 1360. The summed E-state index contributed by atoms with van der Waals surface area (Å²) in [6.07, 6.45) is 15.2. The van der Waals surface area contributed by atoms with Crippen LogP contribution in [0.15, 0.2) is 41.0 Å². The van der Waals surface area contributed by atoms with Crippen molar-refractivity contribution in [2.24, 2.45) is 45.1 Å². The maximum atomic E-state index is 10.8. The lowest BCUT2D eigenvalue weighted by Crippen LogP contribution is -2.55. The molecule has 1 aromatic carbocycles. The van der Waals surface area contributed by atoms with Crippen LogP contribution in [-0.4, -0.2) is 38.0 Å². The predicted octanol–water partition coefficient (Wildman–Crippen LogP) is 8.92. The minimum absolute atomic E-state index is 0.0465. The van der Waals surface area contributed by atoms with E-state index in [4.69, 9.17) is 15.9 Å². The number of fused-ring (bicyclic) bond motifs is 4. The zero-order valence-corrected chi connectivity index (χ0v) is 30.2. The van der Waals surface area contributed by atoms with E-state index in [1.54, 1.807) is 0 Å². The first kappa shape index (κ1) is 36.5. The largest absolute Gasteiger partial charge is 0.504 e. The molecule has 5 rings (SSSR count). The maximum absolute atomic E-state index is 10.8. The van der Waals surface area contributed by atoms with Crippen LogP contribution in [-0.2, 0) is 11.2 Å². The Morgan fingerprint density at radius 2 is 1.67 bits per heavy atom. The van der Waals surface area contributed by atoms with Gasteiger partial charge in [0, 0.05) is 6.42 Å². The molecule has 4 aliphatic carbocycles. The smallest absolute Gasteiger partial charge is 0.323 e. The summed E-state index contributed by atoms with van der Waals surface area (Å²) in [5, 5.41) is 37.8. The van der Waals surface area contributed by atoms with Gasteiger partial charge in [-0.1, -0.05) is 70.4 Å². The average Bonchev–Trinajstić information content (AvgIpc) is 3.24. The van der Waals surface area contributed by atoms with E-state index in [9.17, 15) is 15.0 Å². The van der Waals surface area contributed by atoms with Crippen molar-refractivity contribution in [1.82, 2.24) is 0 Å². The Hall–Kier alpha value is -2.31. The fourth-order valence-electron chi connectivity index (χ4n) is 10.6. The van der Waals surface area contributed by atoms with Gasteiger partial charge >= 0.3 is 5.97 Å². The Morgan fingerprint density at radius 1 is 1.00 bits per heavy atom. The van der Waals surface area contributed by atoms with E-state index in [-0.39, 0.29) is 29.4 Å². The molecule has 46 heavy (non-hydrogen) atoms. The molecule has 0 spiro atoms. The van der Waals surface area contributed by atoms with E-state index in [2.05, 4.69) is 61.5 Å². The monoisotopic (exact) mass is 637 g/mol. The second kappa shape index (κ2) is 13.0. The third-order valence-corrected chi connectivity index (χ3v) is 13.8. The van der Waals surface area contributed by atoms with Crippen molar-refractivity contribution in [3.63, 3.8) is 0 Å². The highest BCUT2D eigenvalue weighted by Crippen LogP contribution is 2.72. The SMILES string of the molecule is CC(C)=CCCC(C)C1CCC2(C)C3=C(CCC12C)C1(C)CCC(O)C(C)(C)C1CC3.CC(N)(Cc1ccc(O)c(O)c1)C(=O)O. The summed E-state index contributed by atoms with van der Waals surface area (Å²) in [4.78, 5) is 10.7. The number of aliphatic carboxylic acids is 1. The summed E-state index contributed by atoms with van der Waals surface area (Å²) in [5.74, 6) is 0.680. The van der Waals surface area contributed by atoms with Gasteiger partial charge < -0.3 is 26.2 Å². The number of rotatable bonds is 7. The minimum atomic E-state index is -1.39. The van der Waals surface area contributed by atoms with Crippen LogP contribution in [0.1, 0.15) is 132 Å². The molecule has 6 heteroatoms. The van der Waals surface area contributed by atoms with Crippen molar-refractivity contribution < 1.29 is 25.2 Å². The second-order valence-electron chi connectivity index (χ2n) is 17.3. The number of carboxylic acids is 1. The summed E-state index contributed by atoms with van der Waals surface area (Å²) in [7, 11) is 0. The van der Waals surface area contributed by atoms with Gasteiger partial charge in [0.05, 0.1) is 6.10 Å². The molecule has 4 aliphatic rings. The lowest BCUT2D eigenvalue weighted by Gasteiger charge is -2.62. The summed E-state index contributed by atoms with van der Waals surface area (Å²) in [5.41, 5.74) is 11.1. The van der Waals surface area contributed by atoms with Gasteiger partial charge in [0.2, 0.25) is 0 Å². The normalized spacial score (nSPS) is 35.0. The molecule has 0 aromatic heterocycles. The number of aliphatic hydroxyl groups is 1. The van der Waals surface area contributed by atoms with E-state index < -0.39 is 11.5 Å². The maximum Gasteiger partial charge on any atom is 0.323 e. The summed E-state index contributed by atoms with van der Waals surface area (Å²) >= 11 is 0. The number of hydrogen-bond acceptors (Lipinski definition) is 5. The van der Waals surface area contributed by atoms with Crippen LogP contribution in [0.25, 0.3) is 0 Å². The van der Waals surface area contributed by atoms with Crippen LogP contribution < -0.4 is 5.73 Å². The number of benzene rings is 1. The van der Waals surface area contributed by atoms with Crippen molar-refractivity contribution in [2.75, 3.05) is 0 Å². The highest BCUT2D eigenvalue weighted by Gasteiger charge is 2.63. The third kappa shape index (κ3) is 6.42. The predicted molar refractivity (Wildman–Crippen MR) is 187 cm³/mol. The zero-order chi connectivity index (χ0) is 34.5. The topological polar surface area (TPSA) is 124 Å². The first-order valence-electron chi connectivity index (χ1n) is 17.8. The Labute approximate surface area is 278 Å².